The Balaban J connectivity index is 1.90. The molecule has 3 rings (SSSR count). The van der Waals surface area contributed by atoms with Crippen LogP contribution in [0.1, 0.15) is 30.7 Å². The molecule has 0 aliphatic carbocycles. The van der Waals surface area contributed by atoms with Crippen molar-refractivity contribution in [2.75, 3.05) is 33.2 Å². The highest BCUT2D eigenvalue weighted by Crippen LogP contribution is 2.46. The number of likely N-dealkylation sites (tertiary alicyclic amines) is 1. The zero-order valence-electron chi connectivity index (χ0n) is 11.4. The highest BCUT2D eigenvalue weighted by atomic mass is 15.1. The monoisotopic (exact) mass is 244 g/mol. The highest BCUT2D eigenvalue weighted by Gasteiger charge is 2.43. The molecule has 2 aliphatic heterocycles. The second kappa shape index (κ2) is 5.02. The molecular weight excluding hydrogens is 220 g/mol. The summed E-state index contributed by atoms with van der Waals surface area (Å²) in [6, 6.07) is 11.1. The van der Waals surface area contributed by atoms with Crippen molar-refractivity contribution in [3.63, 3.8) is 0 Å². The van der Waals surface area contributed by atoms with E-state index in [4.69, 9.17) is 0 Å². The first-order valence-electron chi connectivity index (χ1n) is 7.24. The molecule has 1 aromatic carbocycles. The number of hydrogen-bond donors (Lipinski definition) is 1. The third-order valence-electron chi connectivity index (χ3n) is 4.89. The lowest BCUT2D eigenvalue weighted by molar-refractivity contribution is 0.0541. The van der Waals surface area contributed by atoms with E-state index in [9.17, 15) is 0 Å². The maximum atomic E-state index is 3.60. The SMILES string of the molecule is CN1CCCC2(CCNCC2c2ccccc2)C1. The van der Waals surface area contributed by atoms with Gasteiger partial charge in [0.2, 0.25) is 0 Å². The number of nitrogens with one attached hydrogen (secondary N) is 1. The van der Waals surface area contributed by atoms with Gasteiger partial charge in [0.25, 0.3) is 0 Å². The fourth-order valence-corrected chi connectivity index (χ4v) is 4.02. The number of rotatable bonds is 1. The molecule has 2 saturated heterocycles. The van der Waals surface area contributed by atoms with Crippen molar-refractivity contribution in [2.24, 2.45) is 5.41 Å². The van der Waals surface area contributed by atoms with Crippen molar-refractivity contribution in [3.05, 3.63) is 35.9 Å². The molecule has 18 heavy (non-hydrogen) atoms. The molecule has 2 atom stereocenters. The summed E-state index contributed by atoms with van der Waals surface area (Å²) in [7, 11) is 2.28. The fourth-order valence-electron chi connectivity index (χ4n) is 4.02. The Morgan fingerprint density at radius 1 is 1.22 bits per heavy atom. The highest BCUT2D eigenvalue weighted by molar-refractivity contribution is 5.24. The molecule has 0 bridgehead atoms. The van der Waals surface area contributed by atoms with Crippen LogP contribution in [-0.2, 0) is 0 Å². The van der Waals surface area contributed by atoms with Crippen molar-refractivity contribution in [3.8, 4) is 0 Å². The maximum absolute atomic E-state index is 3.60. The summed E-state index contributed by atoms with van der Waals surface area (Å²) in [6.07, 6.45) is 4.09. The van der Waals surface area contributed by atoms with Crippen LogP contribution in [-0.4, -0.2) is 38.1 Å². The van der Waals surface area contributed by atoms with Gasteiger partial charge in [0, 0.05) is 19.0 Å². The topological polar surface area (TPSA) is 15.3 Å². The van der Waals surface area contributed by atoms with Gasteiger partial charge in [-0.05, 0) is 50.4 Å². The van der Waals surface area contributed by atoms with Crippen LogP contribution in [0.5, 0.6) is 0 Å². The van der Waals surface area contributed by atoms with Gasteiger partial charge in [-0.2, -0.15) is 0 Å². The Labute approximate surface area is 110 Å². The number of hydrogen-bond acceptors (Lipinski definition) is 2. The van der Waals surface area contributed by atoms with Gasteiger partial charge >= 0.3 is 0 Å². The number of piperidine rings is 2. The van der Waals surface area contributed by atoms with E-state index in [1.807, 2.05) is 0 Å². The van der Waals surface area contributed by atoms with E-state index in [1.54, 1.807) is 0 Å². The van der Waals surface area contributed by atoms with Crippen molar-refractivity contribution in [1.29, 1.82) is 0 Å². The van der Waals surface area contributed by atoms with Crippen LogP contribution in [0, 0.1) is 5.41 Å². The first kappa shape index (κ1) is 12.2. The minimum Gasteiger partial charge on any atom is -0.316 e. The van der Waals surface area contributed by atoms with Gasteiger partial charge in [0.15, 0.2) is 0 Å². The van der Waals surface area contributed by atoms with Gasteiger partial charge in [-0.15, -0.1) is 0 Å². The summed E-state index contributed by atoms with van der Waals surface area (Å²) in [4.78, 5) is 2.53. The Morgan fingerprint density at radius 2 is 2.06 bits per heavy atom. The van der Waals surface area contributed by atoms with E-state index in [1.165, 1.54) is 44.5 Å². The van der Waals surface area contributed by atoms with Crippen LogP contribution in [0.25, 0.3) is 0 Å². The van der Waals surface area contributed by atoms with E-state index in [0.717, 1.165) is 6.54 Å². The predicted octanol–water partition coefficient (Wildman–Crippen LogP) is 2.48. The summed E-state index contributed by atoms with van der Waals surface area (Å²) in [6.45, 7) is 4.89. The van der Waals surface area contributed by atoms with Crippen LogP contribution >= 0.6 is 0 Å². The summed E-state index contributed by atoms with van der Waals surface area (Å²) >= 11 is 0. The molecule has 2 heteroatoms. The molecule has 2 unspecified atom stereocenters. The molecular formula is C16H24N2. The lowest BCUT2D eigenvalue weighted by Gasteiger charge is -2.50. The lowest BCUT2D eigenvalue weighted by Crippen LogP contribution is -2.51. The van der Waals surface area contributed by atoms with Crippen LogP contribution in [0.15, 0.2) is 30.3 Å². The Kier molecular flexibility index (Phi) is 3.40. The van der Waals surface area contributed by atoms with Gasteiger partial charge in [-0.3, -0.25) is 0 Å². The van der Waals surface area contributed by atoms with Gasteiger partial charge in [-0.25, -0.2) is 0 Å². The van der Waals surface area contributed by atoms with Crippen molar-refractivity contribution in [1.82, 2.24) is 10.2 Å². The van der Waals surface area contributed by atoms with Crippen LogP contribution in [0.4, 0.5) is 0 Å². The van der Waals surface area contributed by atoms with Crippen LogP contribution in [0.2, 0.25) is 0 Å². The standard InChI is InChI=1S/C16H24N2/c1-18-11-5-8-16(13-18)9-10-17-12-15(16)14-6-3-2-4-7-14/h2-4,6-7,15,17H,5,8-13H2,1H3. The average molecular weight is 244 g/mol. The summed E-state index contributed by atoms with van der Waals surface area (Å²) in [5.41, 5.74) is 2.04. The van der Waals surface area contributed by atoms with Crippen LogP contribution in [0.3, 0.4) is 0 Å². The normalized spacial score (nSPS) is 33.7. The summed E-state index contributed by atoms with van der Waals surface area (Å²) in [5.74, 6) is 0.690. The summed E-state index contributed by atoms with van der Waals surface area (Å²) in [5, 5.41) is 3.60. The van der Waals surface area contributed by atoms with Gasteiger partial charge in [-0.1, -0.05) is 30.3 Å². The predicted molar refractivity (Wildman–Crippen MR) is 75.8 cm³/mol. The number of nitrogens with zero attached hydrogens (tertiary/aromatic N) is 1. The smallest absolute Gasteiger partial charge is 0.00418 e. The molecule has 0 radical (unpaired) electrons. The Bertz CT molecular complexity index is 385. The molecule has 2 fully saturated rings. The number of benzene rings is 1. The fraction of sp³-hybridized carbons (Fsp3) is 0.625. The second-order valence-electron chi connectivity index (χ2n) is 6.12. The minimum absolute atomic E-state index is 0.513. The third-order valence-corrected chi connectivity index (χ3v) is 4.89. The Morgan fingerprint density at radius 3 is 2.83 bits per heavy atom. The average Bonchev–Trinajstić information content (AvgIpc) is 2.40. The molecule has 2 heterocycles. The lowest BCUT2D eigenvalue weighted by atomic mass is 9.64. The van der Waals surface area contributed by atoms with E-state index in [0.29, 0.717) is 11.3 Å². The molecule has 98 valence electrons. The van der Waals surface area contributed by atoms with Gasteiger partial charge in [0.1, 0.15) is 0 Å². The largest absolute Gasteiger partial charge is 0.316 e. The Hall–Kier alpha value is -0.860. The maximum Gasteiger partial charge on any atom is 0.00418 e. The first-order chi connectivity index (χ1) is 8.80. The molecule has 1 spiro atoms. The molecule has 1 aromatic rings. The third kappa shape index (κ3) is 2.19. The molecule has 0 saturated carbocycles. The quantitative estimate of drug-likeness (QED) is 0.816. The van der Waals surface area contributed by atoms with E-state index >= 15 is 0 Å². The van der Waals surface area contributed by atoms with Gasteiger partial charge in [0.05, 0.1) is 0 Å². The summed E-state index contributed by atoms with van der Waals surface area (Å²) < 4.78 is 0. The van der Waals surface area contributed by atoms with Crippen molar-refractivity contribution < 1.29 is 0 Å². The zero-order valence-corrected chi connectivity index (χ0v) is 11.4. The molecule has 2 nitrogen and oxygen atoms in total. The minimum atomic E-state index is 0.513. The van der Waals surface area contributed by atoms with Gasteiger partial charge < -0.3 is 10.2 Å². The van der Waals surface area contributed by atoms with Crippen LogP contribution < -0.4 is 5.32 Å². The van der Waals surface area contributed by atoms with E-state index < -0.39 is 0 Å². The molecule has 1 N–H and O–H groups in total. The second-order valence-corrected chi connectivity index (χ2v) is 6.12. The van der Waals surface area contributed by atoms with Crippen molar-refractivity contribution in [2.45, 2.75) is 25.2 Å². The molecule has 2 aliphatic rings. The molecule has 0 amide bonds. The molecule has 0 aromatic heterocycles. The van der Waals surface area contributed by atoms with E-state index in [-0.39, 0.29) is 0 Å². The first-order valence-corrected chi connectivity index (χ1v) is 7.24. The zero-order chi connectivity index (χ0) is 12.4. The van der Waals surface area contributed by atoms with Crippen molar-refractivity contribution >= 4 is 0 Å². The van der Waals surface area contributed by atoms with E-state index in [2.05, 4.69) is 47.6 Å².